The van der Waals surface area contributed by atoms with E-state index in [2.05, 4.69) is 26.2 Å². The summed E-state index contributed by atoms with van der Waals surface area (Å²) >= 11 is 3.20. The average molecular weight is 394 g/mol. The smallest absolute Gasteiger partial charge is 0.293 e. The number of anilines is 1. The molecule has 21 heavy (non-hydrogen) atoms. The minimum atomic E-state index is -3.85. The predicted octanol–water partition coefficient (Wildman–Crippen LogP) is 3.23. The van der Waals surface area contributed by atoms with Crippen LogP contribution in [0.4, 0.5) is 5.69 Å². The van der Waals surface area contributed by atoms with Crippen molar-refractivity contribution in [2.45, 2.75) is 18.7 Å². The lowest BCUT2D eigenvalue weighted by molar-refractivity contribution is 0.0996. The van der Waals surface area contributed by atoms with Gasteiger partial charge in [0, 0.05) is 15.2 Å². The Balaban J connectivity index is 2.37. The van der Waals surface area contributed by atoms with Crippen molar-refractivity contribution in [3.05, 3.63) is 40.0 Å². The lowest BCUT2D eigenvalue weighted by Gasteiger charge is -2.10. The van der Waals surface area contributed by atoms with Gasteiger partial charge >= 0.3 is 0 Å². The number of rotatable bonds is 3. The standard InChI is InChI=1S/C12H10BrClN2O4S/c1-6-3-9(8(13)4-10(6)21(14,18)19)16-12(17)11-7(2)15-5-20-11/h3-5H,1-2H3,(H,16,17). The summed E-state index contributed by atoms with van der Waals surface area (Å²) in [6, 6.07) is 2.84. The maximum absolute atomic E-state index is 12.0. The Hall–Kier alpha value is -1.38. The average Bonchev–Trinajstić information content (AvgIpc) is 2.78. The van der Waals surface area contributed by atoms with E-state index in [1.165, 1.54) is 18.5 Å². The molecule has 0 saturated heterocycles. The van der Waals surface area contributed by atoms with Gasteiger partial charge in [-0.1, -0.05) is 0 Å². The number of aryl methyl sites for hydroxylation is 2. The molecule has 2 aromatic rings. The highest BCUT2D eigenvalue weighted by molar-refractivity contribution is 9.10. The number of nitrogens with zero attached hydrogens (tertiary/aromatic N) is 1. The maximum Gasteiger partial charge on any atom is 0.293 e. The number of hydrogen-bond acceptors (Lipinski definition) is 5. The third-order valence-corrected chi connectivity index (χ3v) is 4.85. The molecule has 1 aromatic carbocycles. The predicted molar refractivity (Wildman–Crippen MR) is 81.1 cm³/mol. The number of amides is 1. The van der Waals surface area contributed by atoms with Gasteiger partial charge in [0.05, 0.1) is 16.3 Å². The number of hydrogen-bond donors (Lipinski definition) is 1. The largest absolute Gasteiger partial charge is 0.438 e. The second kappa shape index (κ2) is 5.78. The van der Waals surface area contributed by atoms with E-state index in [1.54, 1.807) is 13.8 Å². The third-order valence-electron chi connectivity index (χ3n) is 2.73. The number of halogens is 2. The molecular weight excluding hydrogens is 384 g/mol. The minimum absolute atomic E-state index is 0.0233. The molecule has 1 aromatic heterocycles. The zero-order chi connectivity index (χ0) is 15.8. The van der Waals surface area contributed by atoms with Gasteiger partial charge in [0.1, 0.15) is 0 Å². The normalized spacial score (nSPS) is 11.4. The summed E-state index contributed by atoms with van der Waals surface area (Å²) < 4.78 is 28.2. The van der Waals surface area contributed by atoms with Gasteiger partial charge in [0.15, 0.2) is 6.39 Å². The molecule has 0 aliphatic carbocycles. The molecule has 1 N–H and O–H groups in total. The van der Waals surface area contributed by atoms with Gasteiger partial charge in [-0.05, 0) is 47.5 Å². The Labute approximate surface area is 134 Å². The quantitative estimate of drug-likeness (QED) is 0.809. The number of oxazole rings is 1. The third kappa shape index (κ3) is 3.45. The molecule has 2 rings (SSSR count). The Morgan fingerprint density at radius 3 is 2.57 bits per heavy atom. The van der Waals surface area contributed by atoms with Crippen molar-refractivity contribution < 1.29 is 17.6 Å². The molecule has 0 aliphatic rings. The fourth-order valence-electron chi connectivity index (χ4n) is 1.72. The molecule has 0 spiro atoms. The molecular formula is C12H10BrClN2O4S. The first-order chi connectivity index (χ1) is 9.70. The van der Waals surface area contributed by atoms with Gasteiger partial charge in [-0.2, -0.15) is 0 Å². The van der Waals surface area contributed by atoms with E-state index in [0.717, 1.165) is 0 Å². The van der Waals surface area contributed by atoms with Crippen LogP contribution in [-0.2, 0) is 9.05 Å². The van der Waals surface area contributed by atoms with E-state index < -0.39 is 15.0 Å². The van der Waals surface area contributed by atoms with E-state index in [1.807, 2.05) is 0 Å². The van der Waals surface area contributed by atoms with Gasteiger partial charge in [0.25, 0.3) is 15.0 Å². The lowest BCUT2D eigenvalue weighted by atomic mass is 10.2. The zero-order valence-corrected chi connectivity index (χ0v) is 14.1. The highest BCUT2D eigenvalue weighted by atomic mass is 79.9. The summed E-state index contributed by atoms with van der Waals surface area (Å²) in [5.41, 5.74) is 1.27. The fourth-order valence-corrected chi connectivity index (χ4v) is 3.52. The Morgan fingerprint density at radius 2 is 2.05 bits per heavy atom. The van der Waals surface area contributed by atoms with E-state index >= 15 is 0 Å². The van der Waals surface area contributed by atoms with Crippen LogP contribution >= 0.6 is 26.6 Å². The van der Waals surface area contributed by atoms with Gasteiger partial charge in [-0.25, -0.2) is 13.4 Å². The molecule has 1 amide bonds. The molecule has 0 radical (unpaired) electrons. The van der Waals surface area contributed by atoms with Crippen molar-refractivity contribution in [2.24, 2.45) is 0 Å². The molecule has 0 bridgehead atoms. The number of nitrogens with one attached hydrogen (secondary N) is 1. The summed E-state index contributed by atoms with van der Waals surface area (Å²) in [5, 5.41) is 2.62. The van der Waals surface area contributed by atoms with Gasteiger partial charge in [-0.15, -0.1) is 0 Å². The van der Waals surface area contributed by atoms with Gasteiger partial charge in [0.2, 0.25) is 5.76 Å². The maximum atomic E-state index is 12.0. The fraction of sp³-hybridized carbons (Fsp3) is 0.167. The number of benzene rings is 1. The van der Waals surface area contributed by atoms with Crippen molar-refractivity contribution in [3.8, 4) is 0 Å². The molecule has 0 atom stereocenters. The Morgan fingerprint density at radius 1 is 1.38 bits per heavy atom. The lowest BCUT2D eigenvalue weighted by Crippen LogP contribution is -2.13. The van der Waals surface area contributed by atoms with Crippen LogP contribution < -0.4 is 5.32 Å². The first-order valence-corrected chi connectivity index (χ1v) is 8.76. The summed E-state index contributed by atoms with van der Waals surface area (Å²) in [6.45, 7) is 3.22. The van der Waals surface area contributed by atoms with Crippen LogP contribution in [0.15, 0.2) is 32.3 Å². The molecule has 6 nitrogen and oxygen atoms in total. The SMILES string of the molecule is Cc1cc(NC(=O)c2ocnc2C)c(Br)cc1S(=O)(=O)Cl. The van der Waals surface area contributed by atoms with Crippen LogP contribution in [0.25, 0.3) is 0 Å². The minimum Gasteiger partial charge on any atom is -0.438 e. The zero-order valence-electron chi connectivity index (χ0n) is 11.0. The molecule has 112 valence electrons. The first-order valence-electron chi connectivity index (χ1n) is 5.66. The van der Waals surface area contributed by atoms with Gasteiger partial charge in [-0.3, -0.25) is 4.79 Å². The highest BCUT2D eigenvalue weighted by Crippen LogP contribution is 2.31. The van der Waals surface area contributed by atoms with Crippen LogP contribution in [-0.4, -0.2) is 19.3 Å². The van der Waals surface area contributed by atoms with E-state index in [0.29, 0.717) is 21.4 Å². The molecule has 9 heteroatoms. The number of carbonyl (C=O) groups excluding carboxylic acids is 1. The summed E-state index contributed by atoms with van der Waals surface area (Å²) in [7, 11) is 1.49. The summed E-state index contributed by atoms with van der Waals surface area (Å²) in [4.78, 5) is 15.8. The van der Waals surface area contributed by atoms with E-state index in [4.69, 9.17) is 15.1 Å². The number of carbonyl (C=O) groups is 1. The molecule has 0 saturated carbocycles. The summed E-state index contributed by atoms with van der Waals surface area (Å²) in [5.74, 6) is -0.389. The topological polar surface area (TPSA) is 89.3 Å². The monoisotopic (exact) mass is 392 g/mol. The Kier molecular flexibility index (Phi) is 4.40. The highest BCUT2D eigenvalue weighted by Gasteiger charge is 2.19. The molecule has 1 heterocycles. The van der Waals surface area contributed by atoms with Crippen molar-refractivity contribution in [1.29, 1.82) is 0 Å². The van der Waals surface area contributed by atoms with Crippen molar-refractivity contribution in [3.63, 3.8) is 0 Å². The van der Waals surface area contributed by atoms with Crippen LogP contribution in [0.5, 0.6) is 0 Å². The second-order valence-corrected chi connectivity index (χ2v) is 7.65. The van der Waals surface area contributed by atoms with Crippen molar-refractivity contribution in [1.82, 2.24) is 4.98 Å². The first kappa shape index (κ1) is 16.0. The molecule has 0 aliphatic heterocycles. The van der Waals surface area contributed by atoms with Crippen LogP contribution in [0.1, 0.15) is 21.8 Å². The van der Waals surface area contributed by atoms with Crippen molar-refractivity contribution >= 4 is 47.3 Å². The van der Waals surface area contributed by atoms with Crippen LogP contribution in [0.2, 0.25) is 0 Å². The Bertz CT molecular complexity index is 817. The number of aromatic nitrogens is 1. The molecule has 0 unspecified atom stereocenters. The van der Waals surface area contributed by atoms with Crippen LogP contribution in [0.3, 0.4) is 0 Å². The van der Waals surface area contributed by atoms with E-state index in [-0.39, 0.29) is 10.7 Å². The van der Waals surface area contributed by atoms with Gasteiger partial charge < -0.3 is 9.73 Å². The van der Waals surface area contributed by atoms with Crippen LogP contribution in [0, 0.1) is 13.8 Å². The summed E-state index contributed by atoms with van der Waals surface area (Å²) in [6.07, 6.45) is 1.17. The van der Waals surface area contributed by atoms with Crippen molar-refractivity contribution in [2.75, 3.05) is 5.32 Å². The molecule has 0 fully saturated rings. The second-order valence-electron chi connectivity index (χ2n) is 4.26. The van der Waals surface area contributed by atoms with E-state index in [9.17, 15) is 13.2 Å².